The van der Waals surface area contributed by atoms with E-state index < -0.39 is 20.6 Å². The van der Waals surface area contributed by atoms with Crippen LogP contribution in [0.3, 0.4) is 0 Å². The van der Waals surface area contributed by atoms with Crippen molar-refractivity contribution in [3.05, 3.63) is 32.8 Å². The molecule has 0 radical (unpaired) electrons. The van der Waals surface area contributed by atoms with Crippen molar-refractivity contribution in [2.75, 3.05) is 13.2 Å². The van der Waals surface area contributed by atoms with E-state index in [4.69, 9.17) is 5.11 Å². The smallest absolute Gasteiger partial charge is 0.289 e. The summed E-state index contributed by atoms with van der Waals surface area (Å²) >= 11 is 3.10. The Kier molecular flexibility index (Phi) is 6.53. The second-order valence-electron chi connectivity index (χ2n) is 4.05. The van der Waals surface area contributed by atoms with Crippen molar-refractivity contribution >= 4 is 31.6 Å². The van der Waals surface area contributed by atoms with Crippen LogP contribution in [0, 0.1) is 10.1 Å². The molecule has 2 N–H and O–H groups in total. The Morgan fingerprint density at radius 3 is 2.60 bits per heavy atom. The van der Waals surface area contributed by atoms with Crippen LogP contribution in [-0.4, -0.2) is 31.6 Å². The molecule has 112 valence electrons. The van der Waals surface area contributed by atoms with Crippen LogP contribution in [0.1, 0.15) is 19.3 Å². The number of unbranched alkanes of at least 4 members (excludes halogenated alkanes) is 2. The van der Waals surface area contributed by atoms with Crippen molar-refractivity contribution in [2.45, 2.75) is 24.2 Å². The Labute approximate surface area is 125 Å². The maximum Gasteiger partial charge on any atom is 0.289 e. The Bertz CT molecular complexity index is 576. The van der Waals surface area contributed by atoms with Gasteiger partial charge >= 0.3 is 0 Å². The van der Waals surface area contributed by atoms with Gasteiger partial charge in [0.15, 0.2) is 4.90 Å². The second kappa shape index (κ2) is 7.67. The lowest BCUT2D eigenvalue weighted by Gasteiger charge is -2.07. The summed E-state index contributed by atoms with van der Waals surface area (Å²) in [5, 5.41) is 19.5. The summed E-state index contributed by atoms with van der Waals surface area (Å²) in [6, 6.07) is 3.76. The zero-order valence-electron chi connectivity index (χ0n) is 10.6. The fraction of sp³-hybridized carbons (Fsp3) is 0.455. The molecule has 0 aliphatic heterocycles. The number of nitro benzene ring substituents is 1. The lowest BCUT2D eigenvalue weighted by atomic mass is 10.2. The molecule has 0 heterocycles. The minimum Gasteiger partial charge on any atom is -0.396 e. The van der Waals surface area contributed by atoms with E-state index in [1.807, 2.05) is 0 Å². The third-order valence-electron chi connectivity index (χ3n) is 2.54. The van der Waals surface area contributed by atoms with Crippen molar-refractivity contribution in [1.29, 1.82) is 0 Å². The van der Waals surface area contributed by atoms with Gasteiger partial charge in [-0.2, -0.15) is 0 Å². The van der Waals surface area contributed by atoms with Crippen molar-refractivity contribution in [2.24, 2.45) is 0 Å². The van der Waals surface area contributed by atoms with Gasteiger partial charge in [0.1, 0.15) is 0 Å². The minimum absolute atomic E-state index is 0.0594. The van der Waals surface area contributed by atoms with Gasteiger partial charge in [0.2, 0.25) is 10.0 Å². The molecule has 1 rings (SSSR count). The number of benzene rings is 1. The molecule has 0 fully saturated rings. The lowest BCUT2D eigenvalue weighted by molar-refractivity contribution is -0.387. The average Bonchev–Trinajstić information content (AvgIpc) is 2.38. The van der Waals surface area contributed by atoms with Crippen LogP contribution in [0.25, 0.3) is 0 Å². The molecule has 0 unspecified atom stereocenters. The summed E-state index contributed by atoms with van der Waals surface area (Å²) in [6.45, 7) is 0.232. The summed E-state index contributed by atoms with van der Waals surface area (Å²) in [7, 11) is -3.93. The van der Waals surface area contributed by atoms with E-state index in [1.54, 1.807) is 0 Å². The van der Waals surface area contributed by atoms with Crippen LogP contribution in [0.4, 0.5) is 5.69 Å². The predicted octanol–water partition coefficient (Wildman–Crippen LogP) is 1.80. The van der Waals surface area contributed by atoms with Crippen LogP contribution < -0.4 is 4.72 Å². The van der Waals surface area contributed by atoms with Crippen LogP contribution in [0.5, 0.6) is 0 Å². The zero-order chi connectivity index (χ0) is 15.2. The average molecular weight is 367 g/mol. The number of rotatable bonds is 8. The van der Waals surface area contributed by atoms with Crippen molar-refractivity contribution in [3.8, 4) is 0 Å². The van der Waals surface area contributed by atoms with E-state index in [0.717, 1.165) is 6.07 Å². The molecule has 0 saturated carbocycles. The molecule has 9 heteroatoms. The number of aliphatic hydroxyl groups excluding tert-OH is 1. The van der Waals surface area contributed by atoms with Gasteiger partial charge in [-0.15, -0.1) is 0 Å². The molecule has 0 aliphatic carbocycles. The molecule has 0 atom stereocenters. The Morgan fingerprint density at radius 1 is 1.30 bits per heavy atom. The number of nitrogens with one attached hydrogen (secondary N) is 1. The fourth-order valence-corrected chi connectivity index (χ4v) is 3.33. The van der Waals surface area contributed by atoms with Crippen LogP contribution >= 0.6 is 15.9 Å². The first-order valence-corrected chi connectivity index (χ1v) is 8.20. The number of aliphatic hydroxyl groups is 1. The zero-order valence-corrected chi connectivity index (χ0v) is 13.0. The lowest BCUT2D eigenvalue weighted by Crippen LogP contribution is -2.25. The minimum atomic E-state index is -3.93. The first kappa shape index (κ1) is 17.0. The Morgan fingerprint density at radius 2 is 2.00 bits per heavy atom. The molecule has 0 aromatic heterocycles. The topological polar surface area (TPSA) is 110 Å². The molecule has 7 nitrogen and oxygen atoms in total. The summed E-state index contributed by atoms with van der Waals surface area (Å²) in [5.74, 6) is 0. The first-order chi connectivity index (χ1) is 9.38. The monoisotopic (exact) mass is 366 g/mol. The molecule has 1 aromatic carbocycles. The van der Waals surface area contributed by atoms with Gasteiger partial charge in [-0.1, -0.05) is 15.9 Å². The van der Waals surface area contributed by atoms with E-state index in [0.29, 0.717) is 23.7 Å². The van der Waals surface area contributed by atoms with Gasteiger partial charge in [0, 0.05) is 23.7 Å². The van der Waals surface area contributed by atoms with E-state index in [2.05, 4.69) is 20.7 Å². The molecule has 1 aromatic rings. The van der Waals surface area contributed by atoms with Crippen molar-refractivity contribution in [3.63, 3.8) is 0 Å². The standard InChI is InChI=1S/C11H15BrN2O5S/c12-9-4-5-10(14(16)17)11(8-9)20(18,19)13-6-2-1-3-7-15/h4-5,8,13,15H,1-3,6-7H2. The SMILES string of the molecule is O=[N+]([O-])c1ccc(Br)cc1S(=O)(=O)NCCCCCO. The van der Waals surface area contributed by atoms with Crippen LogP contribution in [-0.2, 0) is 10.0 Å². The second-order valence-corrected chi connectivity index (χ2v) is 6.70. The molecule has 0 bridgehead atoms. The molecule has 0 saturated heterocycles. The Balaban J connectivity index is 2.86. The number of sulfonamides is 1. The first-order valence-electron chi connectivity index (χ1n) is 5.93. The molecule has 20 heavy (non-hydrogen) atoms. The highest BCUT2D eigenvalue weighted by molar-refractivity contribution is 9.10. The maximum absolute atomic E-state index is 12.1. The highest BCUT2D eigenvalue weighted by Gasteiger charge is 2.25. The van der Waals surface area contributed by atoms with E-state index in [1.165, 1.54) is 12.1 Å². The molecule has 0 amide bonds. The number of hydrogen-bond donors (Lipinski definition) is 2. The summed E-state index contributed by atoms with van der Waals surface area (Å²) in [4.78, 5) is 9.77. The number of nitro groups is 1. The van der Waals surface area contributed by atoms with Crippen molar-refractivity contribution < 1.29 is 18.4 Å². The molecule has 0 spiro atoms. The third-order valence-corrected chi connectivity index (χ3v) is 4.52. The normalized spacial score (nSPS) is 11.5. The van der Waals surface area contributed by atoms with Gasteiger partial charge in [0.25, 0.3) is 5.69 Å². The summed E-state index contributed by atoms with van der Waals surface area (Å²) < 4.78 is 26.9. The van der Waals surface area contributed by atoms with Gasteiger partial charge in [-0.3, -0.25) is 10.1 Å². The van der Waals surface area contributed by atoms with Gasteiger partial charge < -0.3 is 5.11 Å². The number of halogens is 1. The summed E-state index contributed by atoms with van der Waals surface area (Å²) in [5.41, 5.74) is -0.462. The highest BCUT2D eigenvalue weighted by Crippen LogP contribution is 2.26. The van der Waals surface area contributed by atoms with Crippen LogP contribution in [0.15, 0.2) is 27.6 Å². The van der Waals surface area contributed by atoms with E-state index in [-0.39, 0.29) is 18.0 Å². The third kappa shape index (κ3) is 4.82. The molecule has 0 aliphatic rings. The van der Waals surface area contributed by atoms with Gasteiger partial charge in [-0.05, 0) is 31.4 Å². The predicted molar refractivity (Wildman–Crippen MR) is 76.9 cm³/mol. The Hall–Kier alpha value is -1.03. The van der Waals surface area contributed by atoms with Crippen LogP contribution in [0.2, 0.25) is 0 Å². The molecular weight excluding hydrogens is 352 g/mol. The quantitative estimate of drug-likeness (QED) is 0.414. The number of hydrogen-bond acceptors (Lipinski definition) is 5. The fourth-order valence-electron chi connectivity index (χ4n) is 1.55. The van der Waals surface area contributed by atoms with Gasteiger partial charge in [-0.25, -0.2) is 13.1 Å². The summed E-state index contributed by atoms with van der Waals surface area (Å²) in [6.07, 6.45) is 1.83. The van der Waals surface area contributed by atoms with Crippen molar-refractivity contribution in [1.82, 2.24) is 4.72 Å². The number of nitrogens with zero attached hydrogens (tertiary/aromatic N) is 1. The maximum atomic E-state index is 12.1. The largest absolute Gasteiger partial charge is 0.396 e. The van der Waals surface area contributed by atoms with E-state index in [9.17, 15) is 18.5 Å². The highest BCUT2D eigenvalue weighted by atomic mass is 79.9. The van der Waals surface area contributed by atoms with Gasteiger partial charge in [0.05, 0.1) is 4.92 Å². The molecular formula is C11H15BrN2O5S. The van der Waals surface area contributed by atoms with E-state index >= 15 is 0 Å².